The molecule has 0 bridgehead atoms. The first-order valence-corrected chi connectivity index (χ1v) is 10.6. The molecule has 0 radical (unpaired) electrons. The Bertz CT molecular complexity index is 754. The molecule has 2 aliphatic heterocycles. The lowest BCUT2D eigenvalue weighted by Gasteiger charge is -2.39. The predicted molar refractivity (Wildman–Crippen MR) is 92.8 cm³/mol. The van der Waals surface area contributed by atoms with Gasteiger partial charge in [-0.2, -0.15) is 9.29 Å². The van der Waals surface area contributed by atoms with Crippen molar-refractivity contribution in [2.45, 2.75) is 38.6 Å². The van der Waals surface area contributed by atoms with Crippen molar-refractivity contribution in [1.29, 1.82) is 0 Å². The Morgan fingerprint density at radius 3 is 2.62 bits per heavy atom. The molecule has 2 aliphatic rings. The highest BCUT2D eigenvalue weighted by atomic mass is 32.2. The zero-order valence-electron chi connectivity index (χ0n) is 15.5. The Morgan fingerprint density at radius 1 is 1.38 bits per heavy atom. The largest absolute Gasteiger partial charge is 0.383 e. The van der Waals surface area contributed by atoms with Crippen molar-refractivity contribution in [3.05, 3.63) is 11.7 Å². The van der Waals surface area contributed by atoms with Crippen LogP contribution in [0, 0.1) is 12.3 Å². The first kappa shape index (κ1) is 19.2. The normalized spacial score (nSPS) is 23.7. The molecule has 146 valence electrons. The number of likely N-dealkylation sites (tertiary alicyclic amines) is 1. The summed E-state index contributed by atoms with van der Waals surface area (Å²) in [6.45, 7) is 3.84. The highest BCUT2D eigenvalue weighted by molar-refractivity contribution is 7.88. The monoisotopic (exact) mass is 386 g/mol. The average Bonchev–Trinajstić information content (AvgIpc) is 3.12. The van der Waals surface area contributed by atoms with Crippen molar-refractivity contribution in [1.82, 2.24) is 19.3 Å². The summed E-state index contributed by atoms with van der Waals surface area (Å²) >= 11 is 0. The van der Waals surface area contributed by atoms with Gasteiger partial charge in [0.1, 0.15) is 6.42 Å². The molecule has 0 aromatic carbocycles. The van der Waals surface area contributed by atoms with E-state index < -0.39 is 10.0 Å². The fraction of sp³-hybridized carbons (Fsp3) is 0.812. The van der Waals surface area contributed by atoms with E-state index in [1.54, 1.807) is 23.2 Å². The summed E-state index contributed by atoms with van der Waals surface area (Å²) in [6.07, 6.45) is 3.70. The Balaban J connectivity index is 1.61. The molecule has 3 rings (SSSR count). The Morgan fingerprint density at radius 2 is 2.08 bits per heavy atom. The predicted octanol–water partition coefficient (Wildman–Crippen LogP) is 0.210. The molecule has 9 nitrogen and oxygen atoms in total. The number of piperidine rings is 1. The van der Waals surface area contributed by atoms with Gasteiger partial charge < -0.3 is 14.2 Å². The summed E-state index contributed by atoms with van der Waals surface area (Å²) in [6, 6.07) is -0.126. The van der Waals surface area contributed by atoms with Gasteiger partial charge in [-0.3, -0.25) is 4.79 Å². The van der Waals surface area contributed by atoms with Crippen LogP contribution in [0.2, 0.25) is 0 Å². The lowest BCUT2D eigenvalue weighted by atomic mass is 9.76. The van der Waals surface area contributed by atoms with Gasteiger partial charge in [0.25, 0.3) is 0 Å². The molecule has 0 saturated carbocycles. The molecule has 1 unspecified atom stereocenters. The van der Waals surface area contributed by atoms with E-state index in [0.717, 1.165) is 19.3 Å². The van der Waals surface area contributed by atoms with Gasteiger partial charge in [-0.25, -0.2) is 8.42 Å². The number of amides is 1. The van der Waals surface area contributed by atoms with E-state index in [1.807, 2.05) is 0 Å². The summed E-state index contributed by atoms with van der Waals surface area (Å²) in [5.74, 6) is 0.813. The van der Waals surface area contributed by atoms with Gasteiger partial charge in [-0.05, 0) is 31.6 Å². The number of sulfonamides is 1. The molecule has 2 fully saturated rings. The number of ether oxygens (including phenoxy) is 1. The Labute approximate surface area is 153 Å². The van der Waals surface area contributed by atoms with E-state index in [4.69, 9.17) is 9.26 Å². The molecule has 2 saturated heterocycles. The number of carbonyl (C=O) groups excluding carboxylic acids is 1. The quantitative estimate of drug-likeness (QED) is 0.712. The van der Waals surface area contributed by atoms with Crippen LogP contribution in [-0.4, -0.2) is 79.3 Å². The van der Waals surface area contributed by atoms with Gasteiger partial charge in [-0.15, -0.1) is 0 Å². The number of rotatable bonds is 5. The van der Waals surface area contributed by atoms with Gasteiger partial charge in [-0.1, -0.05) is 5.16 Å². The van der Waals surface area contributed by atoms with Gasteiger partial charge in [0, 0.05) is 32.8 Å². The first-order chi connectivity index (χ1) is 12.2. The van der Waals surface area contributed by atoms with E-state index in [2.05, 4.69) is 10.1 Å². The lowest BCUT2D eigenvalue weighted by Crippen LogP contribution is -2.45. The molecule has 26 heavy (non-hydrogen) atoms. The van der Waals surface area contributed by atoms with Crippen LogP contribution < -0.4 is 0 Å². The van der Waals surface area contributed by atoms with Crippen LogP contribution in [-0.2, 0) is 26.0 Å². The molecule has 1 atom stereocenters. The minimum absolute atomic E-state index is 0.0325. The van der Waals surface area contributed by atoms with E-state index in [1.165, 1.54) is 6.26 Å². The van der Waals surface area contributed by atoms with Gasteiger partial charge >= 0.3 is 0 Å². The van der Waals surface area contributed by atoms with Crippen LogP contribution in [0.3, 0.4) is 0 Å². The number of carbonyl (C=O) groups is 1. The van der Waals surface area contributed by atoms with Gasteiger partial charge in [0.15, 0.2) is 5.82 Å². The second-order valence-electron chi connectivity index (χ2n) is 7.41. The van der Waals surface area contributed by atoms with Crippen LogP contribution >= 0.6 is 0 Å². The van der Waals surface area contributed by atoms with Gasteiger partial charge in [0.2, 0.25) is 21.8 Å². The number of methoxy groups -OCH3 is 1. The highest BCUT2D eigenvalue weighted by Crippen LogP contribution is 2.44. The number of hydrogen-bond acceptors (Lipinski definition) is 7. The molecule has 0 N–H and O–H groups in total. The first-order valence-electron chi connectivity index (χ1n) is 8.75. The number of aryl methyl sites for hydroxylation is 1. The second kappa shape index (κ2) is 7.24. The molecule has 1 aromatic heterocycles. The number of aromatic nitrogens is 2. The molecule has 1 aromatic rings. The maximum atomic E-state index is 12.4. The summed E-state index contributed by atoms with van der Waals surface area (Å²) in [5.41, 5.74) is -0.0792. The summed E-state index contributed by atoms with van der Waals surface area (Å²) < 4.78 is 36.0. The topological polar surface area (TPSA) is 106 Å². The lowest BCUT2D eigenvalue weighted by molar-refractivity contribution is -0.133. The fourth-order valence-electron chi connectivity index (χ4n) is 4.09. The van der Waals surface area contributed by atoms with Gasteiger partial charge in [0.05, 0.1) is 12.9 Å². The van der Waals surface area contributed by atoms with Crippen LogP contribution in [0.4, 0.5) is 0 Å². The van der Waals surface area contributed by atoms with Crippen LogP contribution in [0.15, 0.2) is 4.52 Å². The third-order valence-electron chi connectivity index (χ3n) is 5.40. The standard InChI is InChI=1S/C16H26N4O5S/c1-12-17-14(25-18-12)8-15(21)19-6-4-16(5-7-19)9-13(10-24-2)20(11-16)26(3,22)23/h13H,4-11H2,1-3H3. The van der Waals surface area contributed by atoms with Crippen LogP contribution in [0.5, 0.6) is 0 Å². The van der Waals surface area contributed by atoms with E-state index in [9.17, 15) is 13.2 Å². The summed E-state index contributed by atoms with van der Waals surface area (Å²) in [7, 11) is -1.68. The van der Waals surface area contributed by atoms with Crippen molar-refractivity contribution in [2.75, 3.05) is 39.6 Å². The number of nitrogens with zero attached hydrogens (tertiary/aromatic N) is 4. The third-order valence-corrected chi connectivity index (χ3v) is 6.68. The van der Waals surface area contributed by atoms with Crippen molar-refractivity contribution < 1.29 is 22.5 Å². The van der Waals surface area contributed by atoms with E-state index >= 15 is 0 Å². The maximum absolute atomic E-state index is 12.4. The smallest absolute Gasteiger partial charge is 0.236 e. The summed E-state index contributed by atoms with van der Waals surface area (Å²) in [5, 5.41) is 3.70. The molecule has 1 amide bonds. The zero-order chi connectivity index (χ0) is 18.9. The van der Waals surface area contributed by atoms with Crippen molar-refractivity contribution >= 4 is 15.9 Å². The molecule has 1 spiro atoms. The van der Waals surface area contributed by atoms with E-state index in [0.29, 0.717) is 38.0 Å². The second-order valence-corrected chi connectivity index (χ2v) is 9.35. The average molecular weight is 386 g/mol. The molecular weight excluding hydrogens is 360 g/mol. The third kappa shape index (κ3) is 4.07. The minimum Gasteiger partial charge on any atom is -0.383 e. The Hall–Kier alpha value is -1.52. The molecular formula is C16H26N4O5S. The van der Waals surface area contributed by atoms with Crippen molar-refractivity contribution in [3.63, 3.8) is 0 Å². The minimum atomic E-state index is -3.27. The highest BCUT2D eigenvalue weighted by Gasteiger charge is 2.48. The summed E-state index contributed by atoms with van der Waals surface area (Å²) in [4.78, 5) is 18.3. The maximum Gasteiger partial charge on any atom is 0.236 e. The zero-order valence-corrected chi connectivity index (χ0v) is 16.3. The van der Waals surface area contributed by atoms with Crippen molar-refractivity contribution in [3.8, 4) is 0 Å². The van der Waals surface area contributed by atoms with Crippen LogP contribution in [0.1, 0.15) is 31.0 Å². The number of hydrogen-bond donors (Lipinski definition) is 0. The molecule has 3 heterocycles. The SMILES string of the molecule is COCC1CC2(CCN(C(=O)Cc3nc(C)no3)CC2)CN1S(C)(=O)=O. The fourth-order valence-corrected chi connectivity index (χ4v) is 5.28. The Kier molecular flexibility index (Phi) is 5.36. The van der Waals surface area contributed by atoms with Crippen LogP contribution in [0.25, 0.3) is 0 Å². The van der Waals surface area contributed by atoms with E-state index in [-0.39, 0.29) is 23.8 Å². The molecule has 0 aliphatic carbocycles. The molecule has 10 heteroatoms. The van der Waals surface area contributed by atoms with Crippen molar-refractivity contribution in [2.24, 2.45) is 5.41 Å².